The van der Waals surface area contributed by atoms with Gasteiger partial charge in [0.05, 0.1) is 0 Å². The number of hydrogen-bond donors (Lipinski definition) is 3. The lowest BCUT2D eigenvalue weighted by Gasteiger charge is -2.12. The summed E-state index contributed by atoms with van der Waals surface area (Å²) in [6.07, 6.45) is 0. The van der Waals surface area contributed by atoms with Crippen molar-refractivity contribution < 1.29 is 0 Å². The van der Waals surface area contributed by atoms with Crippen LogP contribution >= 0.6 is 11.9 Å². The maximum Gasteiger partial charge on any atom is 0.154 e. The maximum absolute atomic E-state index is 5.85. The molecule has 1 rings (SSSR count). The number of hydrazine groups is 1. The number of benzene rings is 1. The van der Waals surface area contributed by atoms with Crippen molar-refractivity contribution in [1.82, 2.24) is 9.42 Å². The second kappa shape index (κ2) is 5.76. The molecule has 1 aromatic carbocycles. The van der Waals surface area contributed by atoms with Crippen LogP contribution in [0, 0.1) is 0 Å². The van der Waals surface area contributed by atoms with Gasteiger partial charge >= 0.3 is 0 Å². The Kier molecular flexibility index (Phi) is 4.62. The molecule has 17 heavy (non-hydrogen) atoms. The summed E-state index contributed by atoms with van der Waals surface area (Å²) >= 11 is 1.58. The van der Waals surface area contributed by atoms with Crippen molar-refractivity contribution >= 4 is 23.5 Å². The minimum Gasteiger partial charge on any atom is -0.398 e. The molecule has 0 fully saturated rings. The van der Waals surface area contributed by atoms with Crippen LogP contribution in [0.2, 0.25) is 0 Å². The zero-order valence-corrected chi connectivity index (χ0v) is 11.0. The number of rotatable bonds is 4. The molecule has 0 heterocycles. The Balaban J connectivity index is 3.06. The normalized spacial score (nSPS) is 11.9. The van der Waals surface area contributed by atoms with Crippen LogP contribution in [0.5, 0.6) is 0 Å². The minimum atomic E-state index is 0.300. The van der Waals surface area contributed by atoms with Crippen LogP contribution in [0.4, 0.5) is 5.69 Å². The summed E-state index contributed by atoms with van der Waals surface area (Å²) < 4.78 is 1.98. The van der Waals surface area contributed by atoms with Crippen LogP contribution in [0.15, 0.2) is 28.2 Å². The summed E-state index contributed by atoms with van der Waals surface area (Å²) in [5, 5.41) is 5.08. The largest absolute Gasteiger partial charge is 0.398 e. The van der Waals surface area contributed by atoms with E-state index >= 15 is 0 Å². The Morgan fingerprint density at radius 3 is 2.47 bits per heavy atom. The van der Waals surface area contributed by atoms with Crippen molar-refractivity contribution in [2.24, 2.45) is 16.7 Å². The van der Waals surface area contributed by atoms with Gasteiger partial charge in [-0.15, -0.1) is 5.10 Å². The zero-order valence-electron chi connectivity index (χ0n) is 10.2. The first kappa shape index (κ1) is 13.6. The molecule has 0 aliphatic heterocycles. The standard InChI is InChI=1S/C10H18N6S/c1-15(2)17-7-4-5-9(11)8(6-7)10(12)14-16(3)13/h4-6H,11,13H2,1-3H3,(H2,12,14). The highest BCUT2D eigenvalue weighted by Gasteiger charge is 2.07. The average Bonchev–Trinajstić information content (AvgIpc) is 2.19. The lowest BCUT2D eigenvalue weighted by atomic mass is 10.1. The van der Waals surface area contributed by atoms with Crippen LogP contribution in [-0.4, -0.2) is 36.4 Å². The molecular weight excluding hydrogens is 236 g/mol. The van der Waals surface area contributed by atoms with Gasteiger partial charge in [0.2, 0.25) is 0 Å². The highest BCUT2D eigenvalue weighted by atomic mass is 32.2. The van der Waals surface area contributed by atoms with Crippen molar-refractivity contribution in [3.63, 3.8) is 0 Å². The topological polar surface area (TPSA) is 96.9 Å². The van der Waals surface area contributed by atoms with Crippen molar-refractivity contribution in [3.8, 4) is 0 Å². The second-order valence-electron chi connectivity index (χ2n) is 3.71. The average molecular weight is 254 g/mol. The Bertz CT molecular complexity index is 415. The maximum atomic E-state index is 5.85. The predicted octanol–water partition coefficient (Wildman–Crippen LogP) is 0.263. The zero-order chi connectivity index (χ0) is 13.0. The third-order valence-electron chi connectivity index (χ3n) is 1.85. The van der Waals surface area contributed by atoms with E-state index in [-0.39, 0.29) is 0 Å². The first-order valence-electron chi connectivity index (χ1n) is 4.98. The highest BCUT2D eigenvalue weighted by molar-refractivity contribution is 7.97. The second-order valence-corrected chi connectivity index (χ2v) is 5.10. The Morgan fingerprint density at radius 2 is 1.94 bits per heavy atom. The molecule has 0 spiro atoms. The van der Waals surface area contributed by atoms with Gasteiger partial charge in [-0.25, -0.2) is 11.0 Å². The molecule has 0 unspecified atom stereocenters. The van der Waals surface area contributed by atoms with Gasteiger partial charge in [0.15, 0.2) is 5.84 Å². The van der Waals surface area contributed by atoms with Gasteiger partial charge in [0, 0.05) is 23.2 Å². The first-order valence-corrected chi connectivity index (χ1v) is 5.75. The quantitative estimate of drug-likeness (QED) is 0.178. The number of hydrazone groups is 1. The van der Waals surface area contributed by atoms with E-state index < -0.39 is 0 Å². The van der Waals surface area contributed by atoms with E-state index in [2.05, 4.69) is 5.10 Å². The molecule has 0 bridgehead atoms. The Hall–Kier alpha value is -1.44. The van der Waals surface area contributed by atoms with E-state index in [4.69, 9.17) is 17.3 Å². The minimum absolute atomic E-state index is 0.300. The predicted molar refractivity (Wildman–Crippen MR) is 73.1 cm³/mol. The molecule has 0 aliphatic rings. The summed E-state index contributed by atoms with van der Waals surface area (Å²) in [5.74, 6) is 5.71. The van der Waals surface area contributed by atoms with Crippen LogP contribution in [-0.2, 0) is 0 Å². The van der Waals surface area contributed by atoms with Gasteiger partial charge in [0.1, 0.15) is 0 Å². The molecule has 0 saturated carbocycles. The molecule has 7 heteroatoms. The molecular formula is C10H18N6S. The number of amidine groups is 1. The van der Waals surface area contributed by atoms with Gasteiger partial charge < -0.3 is 11.5 Å². The SMILES string of the molecule is CN(N)/N=C(\N)c1cc(SN(C)C)ccc1N. The van der Waals surface area contributed by atoms with E-state index in [1.807, 2.05) is 30.5 Å². The fourth-order valence-electron chi connectivity index (χ4n) is 1.25. The molecule has 6 N–H and O–H groups in total. The summed E-state index contributed by atoms with van der Waals surface area (Å²) in [5.41, 5.74) is 12.9. The molecule has 0 atom stereocenters. The fourth-order valence-corrected chi connectivity index (χ4v) is 1.97. The molecule has 0 amide bonds. The van der Waals surface area contributed by atoms with Gasteiger partial charge in [-0.3, -0.25) is 4.31 Å². The Labute approximate surface area is 106 Å². The first-order chi connectivity index (χ1) is 7.90. The summed E-state index contributed by atoms with van der Waals surface area (Å²) in [6, 6.07) is 5.63. The van der Waals surface area contributed by atoms with Crippen LogP contribution < -0.4 is 17.3 Å². The summed E-state index contributed by atoms with van der Waals surface area (Å²) in [7, 11) is 5.53. The molecule has 94 valence electrons. The van der Waals surface area contributed by atoms with Crippen molar-refractivity contribution in [3.05, 3.63) is 23.8 Å². The fraction of sp³-hybridized carbons (Fsp3) is 0.300. The molecule has 0 saturated heterocycles. The smallest absolute Gasteiger partial charge is 0.154 e. The highest BCUT2D eigenvalue weighted by Crippen LogP contribution is 2.24. The molecule has 0 radical (unpaired) electrons. The number of anilines is 1. The van der Waals surface area contributed by atoms with Gasteiger partial charge in [-0.1, -0.05) is 0 Å². The lowest BCUT2D eigenvalue weighted by molar-refractivity contribution is 0.371. The van der Waals surface area contributed by atoms with Crippen molar-refractivity contribution in [2.75, 3.05) is 26.9 Å². The van der Waals surface area contributed by atoms with E-state index in [0.717, 1.165) is 10.0 Å². The number of nitrogen functional groups attached to an aromatic ring is 1. The van der Waals surface area contributed by atoms with E-state index in [1.165, 1.54) is 0 Å². The molecule has 6 nitrogen and oxygen atoms in total. The third kappa shape index (κ3) is 4.14. The van der Waals surface area contributed by atoms with E-state index in [1.54, 1.807) is 25.1 Å². The van der Waals surface area contributed by atoms with Gasteiger partial charge in [0.25, 0.3) is 0 Å². The van der Waals surface area contributed by atoms with Crippen LogP contribution in [0.25, 0.3) is 0 Å². The van der Waals surface area contributed by atoms with Gasteiger partial charge in [-0.2, -0.15) is 0 Å². The molecule has 0 aromatic heterocycles. The van der Waals surface area contributed by atoms with Crippen LogP contribution in [0.3, 0.4) is 0 Å². The van der Waals surface area contributed by atoms with Crippen molar-refractivity contribution in [2.45, 2.75) is 4.90 Å². The van der Waals surface area contributed by atoms with E-state index in [0.29, 0.717) is 17.1 Å². The van der Waals surface area contributed by atoms with Crippen molar-refractivity contribution in [1.29, 1.82) is 0 Å². The number of hydrogen-bond acceptors (Lipinski definition) is 6. The number of nitrogens with zero attached hydrogens (tertiary/aromatic N) is 3. The summed E-state index contributed by atoms with van der Waals surface area (Å²) in [4.78, 5) is 1.04. The third-order valence-corrected chi connectivity index (χ3v) is 2.68. The summed E-state index contributed by atoms with van der Waals surface area (Å²) in [6.45, 7) is 0. The van der Waals surface area contributed by atoms with Gasteiger partial charge in [-0.05, 0) is 44.2 Å². The lowest BCUT2D eigenvalue weighted by Crippen LogP contribution is -2.26. The number of nitrogens with two attached hydrogens (primary N) is 3. The molecule has 1 aromatic rings. The monoisotopic (exact) mass is 254 g/mol. The van der Waals surface area contributed by atoms with Crippen LogP contribution in [0.1, 0.15) is 5.56 Å². The van der Waals surface area contributed by atoms with E-state index in [9.17, 15) is 0 Å². The molecule has 0 aliphatic carbocycles. The Morgan fingerprint density at radius 1 is 1.29 bits per heavy atom.